The summed E-state index contributed by atoms with van der Waals surface area (Å²) < 4.78 is 0. The fraction of sp³-hybridized carbons (Fsp3) is 0. The lowest BCUT2D eigenvalue weighted by Crippen LogP contribution is -2.18. The lowest BCUT2D eigenvalue weighted by atomic mass is 10.3. The van der Waals surface area contributed by atoms with Gasteiger partial charge in [-0.1, -0.05) is 41.9 Å². The number of nitrogen functional groups attached to an aromatic ring is 1. The van der Waals surface area contributed by atoms with E-state index in [1.54, 1.807) is 24.3 Å². The number of rotatable bonds is 1. The molecule has 18 heavy (non-hydrogen) atoms. The number of halogens is 1. The van der Waals surface area contributed by atoms with Crippen molar-refractivity contribution in [2.45, 2.75) is 0 Å². The maximum absolute atomic E-state index is 10.3. The zero-order chi connectivity index (χ0) is 13.4. The number of primary amides is 1. The minimum atomic E-state index is -0.536. The zero-order valence-electron chi connectivity index (χ0n) is 9.64. The van der Waals surface area contributed by atoms with Gasteiger partial charge in [-0.2, -0.15) is 0 Å². The van der Waals surface area contributed by atoms with E-state index in [2.05, 4.69) is 5.32 Å². The van der Waals surface area contributed by atoms with E-state index < -0.39 is 6.03 Å². The first-order valence-corrected chi connectivity index (χ1v) is 5.59. The summed E-state index contributed by atoms with van der Waals surface area (Å²) in [6.45, 7) is 0. The highest BCUT2D eigenvalue weighted by Gasteiger charge is 1.90. The van der Waals surface area contributed by atoms with Crippen molar-refractivity contribution < 1.29 is 4.79 Å². The van der Waals surface area contributed by atoms with E-state index >= 15 is 0 Å². The predicted molar refractivity (Wildman–Crippen MR) is 75.5 cm³/mol. The van der Waals surface area contributed by atoms with Crippen LogP contribution in [0.3, 0.4) is 0 Å². The SMILES string of the molecule is NC(=O)Nc1ccccc1.Nc1ccccc1Cl. The molecular weight excluding hydrogens is 250 g/mol. The van der Waals surface area contributed by atoms with Crippen LogP contribution in [0, 0.1) is 0 Å². The van der Waals surface area contributed by atoms with Gasteiger partial charge >= 0.3 is 6.03 Å². The van der Waals surface area contributed by atoms with Gasteiger partial charge in [0.2, 0.25) is 0 Å². The monoisotopic (exact) mass is 263 g/mol. The first kappa shape index (κ1) is 13.9. The Bertz CT molecular complexity index is 482. The normalized spacial score (nSPS) is 8.94. The molecule has 0 aliphatic heterocycles. The number of hydrogen-bond acceptors (Lipinski definition) is 2. The van der Waals surface area contributed by atoms with Gasteiger partial charge in [0.1, 0.15) is 0 Å². The second kappa shape index (κ2) is 7.19. The Labute approximate surface area is 111 Å². The minimum absolute atomic E-state index is 0.536. The summed E-state index contributed by atoms with van der Waals surface area (Å²) >= 11 is 5.58. The number of nitrogens with one attached hydrogen (secondary N) is 1. The van der Waals surface area contributed by atoms with Gasteiger partial charge in [0, 0.05) is 5.69 Å². The molecular formula is C13H14ClN3O. The van der Waals surface area contributed by atoms with Gasteiger partial charge in [-0.05, 0) is 24.3 Å². The highest BCUT2D eigenvalue weighted by atomic mass is 35.5. The van der Waals surface area contributed by atoms with E-state index in [9.17, 15) is 4.79 Å². The summed E-state index contributed by atoms with van der Waals surface area (Å²) in [4.78, 5) is 10.3. The fourth-order valence-electron chi connectivity index (χ4n) is 1.14. The van der Waals surface area contributed by atoms with E-state index in [1.165, 1.54) is 0 Å². The Balaban J connectivity index is 0.000000184. The van der Waals surface area contributed by atoms with Gasteiger partial charge in [0.25, 0.3) is 0 Å². The number of carbonyl (C=O) groups is 1. The Kier molecular flexibility index (Phi) is 5.54. The van der Waals surface area contributed by atoms with Crippen molar-refractivity contribution in [1.82, 2.24) is 0 Å². The third-order valence-electron chi connectivity index (χ3n) is 1.95. The number of para-hydroxylation sites is 2. The van der Waals surface area contributed by atoms with Crippen molar-refractivity contribution in [1.29, 1.82) is 0 Å². The van der Waals surface area contributed by atoms with Crippen molar-refractivity contribution in [3.63, 3.8) is 0 Å². The van der Waals surface area contributed by atoms with Crippen LogP contribution >= 0.6 is 11.6 Å². The van der Waals surface area contributed by atoms with Crippen molar-refractivity contribution in [2.24, 2.45) is 5.73 Å². The Hall–Kier alpha value is -2.20. The molecule has 0 aliphatic rings. The predicted octanol–water partition coefficient (Wildman–Crippen LogP) is 3.10. The molecule has 0 spiro atoms. The van der Waals surface area contributed by atoms with Gasteiger partial charge < -0.3 is 16.8 Å². The van der Waals surface area contributed by atoms with Crippen molar-refractivity contribution in [3.05, 3.63) is 59.6 Å². The smallest absolute Gasteiger partial charge is 0.316 e. The summed E-state index contributed by atoms with van der Waals surface area (Å²) in [5.74, 6) is 0. The van der Waals surface area contributed by atoms with E-state index in [-0.39, 0.29) is 0 Å². The Morgan fingerprint density at radius 3 is 2.00 bits per heavy atom. The lowest BCUT2D eigenvalue weighted by Gasteiger charge is -1.97. The van der Waals surface area contributed by atoms with Crippen LogP contribution in [0.15, 0.2) is 54.6 Å². The molecule has 4 nitrogen and oxygen atoms in total. The molecule has 2 amide bonds. The molecule has 0 heterocycles. The maximum Gasteiger partial charge on any atom is 0.316 e. The van der Waals surface area contributed by atoms with Crippen LogP contribution in [-0.2, 0) is 0 Å². The van der Waals surface area contributed by atoms with Crippen LogP contribution in [0.2, 0.25) is 5.02 Å². The first-order chi connectivity index (χ1) is 8.59. The first-order valence-electron chi connectivity index (χ1n) is 5.21. The maximum atomic E-state index is 10.3. The number of hydrogen-bond donors (Lipinski definition) is 3. The molecule has 5 N–H and O–H groups in total. The van der Waals surface area contributed by atoms with Gasteiger partial charge in [-0.3, -0.25) is 0 Å². The van der Waals surface area contributed by atoms with Gasteiger partial charge in [0.05, 0.1) is 10.7 Å². The molecule has 0 aromatic heterocycles. The van der Waals surface area contributed by atoms with E-state index in [4.69, 9.17) is 23.1 Å². The van der Waals surface area contributed by atoms with Crippen molar-refractivity contribution >= 4 is 29.0 Å². The van der Waals surface area contributed by atoms with Crippen LogP contribution in [0.5, 0.6) is 0 Å². The lowest BCUT2D eigenvalue weighted by molar-refractivity contribution is 0.259. The number of anilines is 2. The van der Waals surface area contributed by atoms with E-state index in [1.807, 2.05) is 30.3 Å². The molecule has 2 rings (SSSR count). The third kappa shape index (κ3) is 5.23. The van der Waals surface area contributed by atoms with Crippen LogP contribution in [-0.4, -0.2) is 6.03 Å². The number of amides is 2. The molecule has 5 heteroatoms. The summed E-state index contributed by atoms with van der Waals surface area (Å²) in [5, 5.41) is 3.06. The Morgan fingerprint density at radius 1 is 1.00 bits per heavy atom. The molecule has 0 atom stereocenters. The molecule has 0 unspecified atom stereocenters. The van der Waals surface area contributed by atoms with Crippen molar-refractivity contribution in [2.75, 3.05) is 11.1 Å². The van der Waals surface area contributed by atoms with Crippen LogP contribution in [0.4, 0.5) is 16.2 Å². The number of urea groups is 1. The van der Waals surface area contributed by atoms with Gasteiger partial charge in [-0.25, -0.2) is 4.79 Å². The second-order valence-electron chi connectivity index (χ2n) is 3.38. The standard InChI is InChI=1S/C7H8N2O.C6H6ClN/c8-7(10)9-6-4-2-1-3-5-6;7-5-3-1-2-4-6(5)8/h1-5H,(H3,8,9,10);1-4H,8H2. The minimum Gasteiger partial charge on any atom is -0.398 e. The molecule has 0 bridgehead atoms. The molecule has 0 fully saturated rings. The molecule has 2 aromatic carbocycles. The van der Waals surface area contributed by atoms with Gasteiger partial charge in [0.15, 0.2) is 0 Å². The number of carbonyl (C=O) groups excluding carboxylic acids is 1. The van der Waals surface area contributed by atoms with Crippen LogP contribution in [0.1, 0.15) is 0 Å². The van der Waals surface area contributed by atoms with Gasteiger partial charge in [-0.15, -0.1) is 0 Å². The van der Waals surface area contributed by atoms with E-state index in [0.29, 0.717) is 10.7 Å². The summed E-state index contributed by atoms with van der Waals surface area (Å²) in [6, 6.07) is 15.7. The summed E-state index contributed by atoms with van der Waals surface area (Å²) in [6.07, 6.45) is 0. The summed E-state index contributed by atoms with van der Waals surface area (Å²) in [5.41, 5.74) is 11.6. The summed E-state index contributed by atoms with van der Waals surface area (Å²) in [7, 11) is 0. The van der Waals surface area contributed by atoms with Crippen LogP contribution in [0.25, 0.3) is 0 Å². The number of benzene rings is 2. The molecule has 94 valence electrons. The molecule has 0 saturated heterocycles. The quantitative estimate of drug-likeness (QED) is 0.691. The topological polar surface area (TPSA) is 81.1 Å². The Morgan fingerprint density at radius 2 is 1.56 bits per heavy atom. The zero-order valence-corrected chi connectivity index (χ0v) is 10.4. The number of nitrogens with two attached hydrogens (primary N) is 2. The third-order valence-corrected chi connectivity index (χ3v) is 2.29. The average Bonchev–Trinajstić information content (AvgIpc) is 2.34. The molecule has 0 aliphatic carbocycles. The molecule has 0 saturated carbocycles. The highest BCUT2D eigenvalue weighted by molar-refractivity contribution is 6.33. The van der Waals surface area contributed by atoms with Crippen molar-refractivity contribution in [3.8, 4) is 0 Å². The average molecular weight is 264 g/mol. The van der Waals surface area contributed by atoms with E-state index in [0.717, 1.165) is 5.69 Å². The fourth-order valence-corrected chi connectivity index (χ4v) is 1.27. The largest absolute Gasteiger partial charge is 0.398 e. The van der Waals surface area contributed by atoms with Crippen LogP contribution < -0.4 is 16.8 Å². The second-order valence-corrected chi connectivity index (χ2v) is 3.78. The molecule has 2 aromatic rings. The highest BCUT2D eigenvalue weighted by Crippen LogP contribution is 2.15. The molecule has 0 radical (unpaired) electrons.